The molecule has 2 aliphatic rings. The van der Waals surface area contributed by atoms with Crippen molar-refractivity contribution in [2.45, 2.75) is 57.0 Å². The fraction of sp³-hybridized carbons (Fsp3) is 0.688. The van der Waals surface area contributed by atoms with Gasteiger partial charge in [0, 0.05) is 23.7 Å². The molecule has 1 spiro atoms. The number of H-pyrrole nitrogens is 1. The monoisotopic (exact) mass is 319 g/mol. The van der Waals surface area contributed by atoms with E-state index < -0.39 is 5.54 Å². The van der Waals surface area contributed by atoms with Crippen LogP contribution in [0.2, 0.25) is 0 Å². The van der Waals surface area contributed by atoms with Crippen LogP contribution in [0.5, 0.6) is 0 Å². The number of imide groups is 1. The molecule has 1 aliphatic carbocycles. The molecule has 126 valence electrons. The third kappa shape index (κ3) is 3.10. The average Bonchev–Trinajstić information content (AvgIpc) is 3.06. The molecule has 7 heteroatoms. The van der Waals surface area contributed by atoms with Crippen LogP contribution in [0.15, 0.2) is 6.20 Å². The highest BCUT2D eigenvalue weighted by Gasteiger charge is 2.48. The number of aromatic nitrogens is 2. The lowest BCUT2D eigenvalue weighted by atomic mass is 9.75. The van der Waals surface area contributed by atoms with Crippen molar-refractivity contribution in [1.82, 2.24) is 25.7 Å². The van der Waals surface area contributed by atoms with Gasteiger partial charge in [-0.05, 0) is 45.7 Å². The molecule has 3 N–H and O–H groups in total. The Labute approximate surface area is 136 Å². The zero-order valence-electron chi connectivity index (χ0n) is 13.8. The van der Waals surface area contributed by atoms with Crippen LogP contribution < -0.4 is 10.6 Å². The van der Waals surface area contributed by atoms with Crippen molar-refractivity contribution in [3.8, 4) is 0 Å². The highest BCUT2D eigenvalue weighted by molar-refractivity contribution is 6.07. The van der Waals surface area contributed by atoms with Gasteiger partial charge in [0.1, 0.15) is 5.54 Å². The van der Waals surface area contributed by atoms with Gasteiger partial charge in [0.25, 0.3) is 5.91 Å². The zero-order valence-corrected chi connectivity index (χ0v) is 13.8. The fourth-order valence-electron chi connectivity index (χ4n) is 3.83. The molecule has 7 nitrogen and oxygen atoms in total. The molecule has 1 saturated carbocycles. The molecule has 1 aromatic rings. The van der Waals surface area contributed by atoms with E-state index in [-0.39, 0.29) is 11.9 Å². The normalized spacial score (nSPS) is 27.5. The number of hydrogen-bond donors (Lipinski definition) is 3. The van der Waals surface area contributed by atoms with E-state index in [0.29, 0.717) is 18.8 Å². The van der Waals surface area contributed by atoms with Crippen LogP contribution in [-0.2, 0) is 11.3 Å². The van der Waals surface area contributed by atoms with Gasteiger partial charge < -0.3 is 10.2 Å². The van der Waals surface area contributed by atoms with E-state index in [1.807, 2.05) is 6.20 Å². The Balaban J connectivity index is 1.66. The maximum atomic E-state index is 12.0. The second kappa shape index (κ2) is 6.31. The molecule has 23 heavy (non-hydrogen) atoms. The maximum Gasteiger partial charge on any atom is 0.322 e. The van der Waals surface area contributed by atoms with Gasteiger partial charge in [0.15, 0.2) is 0 Å². The molecule has 3 rings (SSSR count). The SMILES string of the molecule is CCCN(C)Cc1cn[nH]c1C1CCC2(CC1)NC(=O)NC2=O. The minimum absolute atomic E-state index is 0.173. The number of nitrogens with one attached hydrogen (secondary N) is 3. The van der Waals surface area contributed by atoms with E-state index in [9.17, 15) is 9.59 Å². The van der Waals surface area contributed by atoms with Gasteiger partial charge in [0.2, 0.25) is 0 Å². The van der Waals surface area contributed by atoms with Crippen molar-refractivity contribution >= 4 is 11.9 Å². The lowest BCUT2D eigenvalue weighted by molar-refractivity contribution is -0.125. The zero-order chi connectivity index (χ0) is 16.4. The number of carbonyl (C=O) groups is 2. The van der Waals surface area contributed by atoms with E-state index in [4.69, 9.17) is 0 Å². The number of carbonyl (C=O) groups excluding carboxylic acids is 2. The maximum absolute atomic E-state index is 12.0. The summed E-state index contributed by atoms with van der Waals surface area (Å²) >= 11 is 0. The van der Waals surface area contributed by atoms with Crippen molar-refractivity contribution in [2.75, 3.05) is 13.6 Å². The summed E-state index contributed by atoms with van der Waals surface area (Å²) in [5, 5.41) is 12.6. The molecule has 0 unspecified atom stereocenters. The third-order valence-corrected chi connectivity index (χ3v) is 5.06. The fourth-order valence-corrected chi connectivity index (χ4v) is 3.83. The minimum Gasteiger partial charge on any atom is -0.323 e. The van der Waals surface area contributed by atoms with Crippen LogP contribution in [0.25, 0.3) is 0 Å². The summed E-state index contributed by atoms with van der Waals surface area (Å²) in [5.41, 5.74) is 1.74. The van der Waals surface area contributed by atoms with E-state index in [0.717, 1.165) is 32.4 Å². The molecule has 0 bridgehead atoms. The van der Waals surface area contributed by atoms with Gasteiger partial charge in [-0.1, -0.05) is 6.92 Å². The summed E-state index contributed by atoms with van der Waals surface area (Å²) in [7, 11) is 2.12. The number of aromatic amines is 1. The number of nitrogens with zero attached hydrogens (tertiary/aromatic N) is 2. The number of amides is 3. The Morgan fingerprint density at radius 2 is 2.09 bits per heavy atom. The lowest BCUT2D eigenvalue weighted by Gasteiger charge is -2.34. The van der Waals surface area contributed by atoms with Crippen LogP contribution in [0, 0.1) is 0 Å². The molecule has 0 radical (unpaired) electrons. The first-order valence-electron chi connectivity index (χ1n) is 8.38. The summed E-state index contributed by atoms with van der Waals surface area (Å²) in [6.07, 6.45) is 6.15. The van der Waals surface area contributed by atoms with Crippen molar-refractivity contribution in [1.29, 1.82) is 0 Å². The third-order valence-electron chi connectivity index (χ3n) is 5.06. The lowest BCUT2D eigenvalue weighted by Crippen LogP contribution is -2.49. The molecular weight excluding hydrogens is 294 g/mol. The molecule has 0 aromatic carbocycles. The van der Waals surface area contributed by atoms with Crippen LogP contribution in [0.1, 0.15) is 56.2 Å². The molecule has 0 atom stereocenters. The Kier molecular flexibility index (Phi) is 4.39. The van der Waals surface area contributed by atoms with Crippen molar-refractivity contribution in [3.63, 3.8) is 0 Å². The summed E-state index contributed by atoms with van der Waals surface area (Å²) in [5.74, 6) is 0.201. The van der Waals surface area contributed by atoms with Crippen LogP contribution in [0.3, 0.4) is 0 Å². The number of urea groups is 1. The summed E-state index contributed by atoms with van der Waals surface area (Å²) in [6.45, 7) is 4.12. The van der Waals surface area contributed by atoms with Gasteiger partial charge in [-0.3, -0.25) is 15.2 Å². The molecule has 1 saturated heterocycles. The summed E-state index contributed by atoms with van der Waals surface area (Å²) in [4.78, 5) is 25.7. The average molecular weight is 319 g/mol. The summed E-state index contributed by atoms with van der Waals surface area (Å²) < 4.78 is 0. The van der Waals surface area contributed by atoms with Gasteiger partial charge in [-0.15, -0.1) is 0 Å². The standard InChI is InChI=1S/C16H25N5O2/c1-3-8-21(2)10-12-9-17-20-13(12)11-4-6-16(7-5-11)14(22)18-15(23)19-16/h9,11H,3-8,10H2,1-2H3,(H,17,20)(H2,18,19,22,23). The molecule has 2 heterocycles. The van der Waals surface area contributed by atoms with Crippen LogP contribution in [0.4, 0.5) is 4.79 Å². The van der Waals surface area contributed by atoms with E-state index in [2.05, 4.69) is 39.7 Å². The molecule has 3 amide bonds. The van der Waals surface area contributed by atoms with Crippen molar-refractivity contribution in [3.05, 3.63) is 17.5 Å². The summed E-state index contributed by atoms with van der Waals surface area (Å²) in [6, 6.07) is -0.364. The molecule has 1 aliphatic heterocycles. The van der Waals surface area contributed by atoms with Gasteiger partial charge in [0.05, 0.1) is 6.20 Å². The first-order chi connectivity index (χ1) is 11.0. The Bertz CT molecular complexity index is 589. The first kappa shape index (κ1) is 16.0. The second-order valence-electron chi connectivity index (χ2n) is 6.81. The van der Waals surface area contributed by atoms with Gasteiger partial charge in [-0.2, -0.15) is 5.10 Å². The van der Waals surface area contributed by atoms with Crippen LogP contribution in [-0.4, -0.2) is 46.2 Å². The predicted molar refractivity (Wildman–Crippen MR) is 85.8 cm³/mol. The Hall–Kier alpha value is -1.89. The van der Waals surface area contributed by atoms with Gasteiger partial charge >= 0.3 is 6.03 Å². The Morgan fingerprint density at radius 1 is 1.35 bits per heavy atom. The Morgan fingerprint density at radius 3 is 2.70 bits per heavy atom. The predicted octanol–water partition coefficient (Wildman–Crippen LogP) is 1.49. The topological polar surface area (TPSA) is 90.1 Å². The minimum atomic E-state index is -0.688. The number of rotatable bonds is 5. The van der Waals surface area contributed by atoms with Crippen molar-refractivity contribution < 1.29 is 9.59 Å². The highest BCUT2D eigenvalue weighted by Crippen LogP contribution is 2.39. The van der Waals surface area contributed by atoms with E-state index in [1.165, 1.54) is 11.3 Å². The largest absolute Gasteiger partial charge is 0.323 e. The molecule has 1 aromatic heterocycles. The first-order valence-corrected chi connectivity index (χ1v) is 8.38. The number of hydrogen-bond acceptors (Lipinski definition) is 4. The molecular formula is C16H25N5O2. The molecule has 2 fully saturated rings. The van der Waals surface area contributed by atoms with Gasteiger partial charge in [-0.25, -0.2) is 4.79 Å². The van der Waals surface area contributed by atoms with E-state index in [1.54, 1.807) is 0 Å². The smallest absolute Gasteiger partial charge is 0.322 e. The highest BCUT2D eigenvalue weighted by atomic mass is 16.2. The van der Waals surface area contributed by atoms with Crippen molar-refractivity contribution in [2.24, 2.45) is 0 Å². The quantitative estimate of drug-likeness (QED) is 0.717. The van der Waals surface area contributed by atoms with E-state index >= 15 is 0 Å². The second-order valence-corrected chi connectivity index (χ2v) is 6.81. The van der Waals surface area contributed by atoms with Crippen LogP contribution >= 0.6 is 0 Å².